The largest absolute Gasteiger partial charge is 0.451 e. The summed E-state index contributed by atoms with van der Waals surface area (Å²) in [7, 11) is -4.46. The van der Waals surface area contributed by atoms with Crippen LogP contribution in [0, 0.1) is 11.6 Å². The second-order valence-electron chi connectivity index (χ2n) is 8.58. The Morgan fingerprint density at radius 1 is 1.05 bits per heavy atom. The molecule has 38 heavy (non-hydrogen) atoms. The second kappa shape index (κ2) is 10.4. The fourth-order valence-electron chi connectivity index (χ4n) is 4.10. The van der Waals surface area contributed by atoms with Crippen LogP contribution in [0.1, 0.15) is 31.2 Å². The first-order valence-electron chi connectivity index (χ1n) is 11.1. The first-order chi connectivity index (χ1) is 17.8. The Morgan fingerprint density at radius 2 is 1.74 bits per heavy atom. The molecule has 1 fully saturated rings. The lowest BCUT2D eigenvalue weighted by molar-refractivity contribution is -0.145. The summed E-state index contributed by atoms with van der Waals surface area (Å²) < 4.78 is 107. The van der Waals surface area contributed by atoms with E-state index in [1.165, 1.54) is 13.0 Å². The Balaban J connectivity index is 1.53. The van der Waals surface area contributed by atoms with Crippen molar-refractivity contribution in [1.29, 1.82) is 0 Å². The van der Waals surface area contributed by atoms with Crippen LogP contribution in [-0.2, 0) is 27.4 Å². The normalized spacial score (nSPS) is 20.6. The lowest BCUT2D eigenvalue weighted by atomic mass is 10.0. The number of carbonyl (C=O) groups is 1. The predicted octanol–water partition coefficient (Wildman–Crippen LogP) is 3.92. The summed E-state index contributed by atoms with van der Waals surface area (Å²) in [4.78, 5) is 26.9. The first-order valence-corrected chi connectivity index (χ1v) is 12.6. The molecule has 0 spiro atoms. The Bertz CT molecular complexity index is 1440. The van der Waals surface area contributed by atoms with Gasteiger partial charge in [-0.05, 0) is 37.1 Å². The van der Waals surface area contributed by atoms with Crippen molar-refractivity contribution in [2.24, 2.45) is 0 Å². The van der Waals surface area contributed by atoms with Crippen LogP contribution in [0.4, 0.5) is 26.3 Å². The van der Waals surface area contributed by atoms with Gasteiger partial charge in [-0.15, -0.1) is 0 Å². The van der Waals surface area contributed by atoms with E-state index in [4.69, 9.17) is 0 Å². The molecule has 0 bridgehead atoms. The molecule has 3 atom stereocenters. The number of halogens is 6. The molecular formula is C23H19F6N5O3S. The average molecular weight is 559 g/mol. The van der Waals surface area contributed by atoms with Gasteiger partial charge in [-0.3, -0.25) is 9.78 Å². The highest BCUT2D eigenvalue weighted by atomic mass is 32.2. The summed E-state index contributed by atoms with van der Waals surface area (Å²) in [6, 6.07) is 0.384. The van der Waals surface area contributed by atoms with Crippen molar-refractivity contribution in [3.63, 3.8) is 0 Å². The van der Waals surface area contributed by atoms with Crippen LogP contribution in [0.2, 0.25) is 0 Å². The van der Waals surface area contributed by atoms with E-state index in [-0.39, 0.29) is 29.7 Å². The highest BCUT2D eigenvalue weighted by Crippen LogP contribution is 2.34. The van der Waals surface area contributed by atoms with Crippen molar-refractivity contribution >= 4 is 15.8 Å². The molecule has 8 nitrogen and oxygen atoms in total. The molecule has 3 aromatic heterocycles. The third kappa shape index (κ3) is 5.53. The van der Waals surface area contributed by atoms with Crippen molar-refractivity contribution in [2.45, 2.75) is 55.6 Å². The number of hydrogen-bond acceptors (Lipinski definition) is 7. The zero-order valence-corrected chi connectivity index (χ0v) is 20.3. The third-order valence-corrected chi connectivity index (χ3v) is 7.98. The maximum Gasteiger partial charge on any atom is 0.451 e. The molecule has 3 aromatic rings. The van der Waals surface area contributed by atoms with Crippen LogP contribution in [0.15, 0.2) is 48.0 Å². The maximum absolute atomic E-state index is 14.6. The molecule has 0 amide bonds. The molecule has 15 heteroatoms. The summed E-state index contributed by atoms with van der Waals surface area (Å²) >= 11 is 0. The Morgan fingerprint density at radius 3 is 2.34 bits per heavy atom. The van der Waals surface area contributed by atoms with E-state index in [1.807, 2.05) is 0 Å². The molecule has 202 valence electrons. The van der Waals surface area contributed by atoms with Gasteiger partial charge >= 0.3 is 6.18 Å². The van der Waals surface area contributed by atoms with E-state index in [2.05, 4.69) is 19.9 Å². The van der Waals surface area contributed by atoms with E-state index in [9.17, 15) is 39.6 Å². The number of ketones is 1. The molecule has 0 N–H and O–H groups in total. The molecule has 0 aromatic carbocycles. The summed E-state index contributed by atoms with van der Waals surface area (Å²) in [6.07, 6.45) is -4.19. The molecule has 1 aliphatic heterocycles. The number of hydrogen-bond donors (Lipinski definition) is 0. The van der Waals surface area contributed by atoms with Crippen molar-refractivity contribution < 1.29 is 39.6 Å². The summed E-state index contributed by atoms with van der Waals surface area (Å²) in [5, 5.41) is -0.554. The molecular weight excluding hydrogens is 540 g/mol. The predicted molar refractivity (Wildman–Crippen MR) is 120 cm³/mol. The fraction of sp³-hybridized carbons (Fsp3) is 0.348. The Labute approximate surface area is 212 Å². The van der Waals surface area contributed by atoms with Gasteiger partial charge in [-0.2, -0.15) is 17.5 Å². The molecule has 0 aliphatic carbocycles. The van der Waals surface area contributed by atoms with Gasteiger partial charge in [-0.1, -0.05) is 0 Å². The van der Waals surface area contributed by atoms with Crippen LogP contribution < -0.4 is 0 Å². The Kier molecular flexibility index (Phi) is 7.52. The third-order valence-electron chi connectivity index (χ3n) is 6.07. The van der Waals surface area contributed by atoms with Crippen LogP contribution in [0.3, 0.4) is 0 Å². The molecule has 4 heterocycles. The van der Waals surface area contributed by atoms with Gasteiger partial charge in [0.05, 0.1) is 30.2 Å². The van der Waals surface area contributed by atoms with Crippen LogP contribution in [0.25, 0.3) is 11.3 Å². The van der Waals surface area contributed by atoms with Crippen molar-refractivity contribution in [3.8, 4) is 11.3 Å². The summed E-state index contributed by atoms with van der Waals surface area (Å²) in [6.45, 7) is 1.29. The molecule has 0 unspecified atom stereocenters. The second-order valence-corrected chi connectivity index (χ2v) is 10.4. The van der Waals surface area contributed by atoms with E-state index in [0.717, 1.165) is 30.7 Å². The highest BCUT2D eigenvalue weighted by molar-refractivity contribution is 7.89. The minimum Gasteiger partial charge on any atom is -0.298 e. The number of rotatable bonds is 7. The molecule has 4 rings (SSSR count). The minimum atomic E-state index is -4.75. The van der Waals surface area contributed by atoms with Crippen molar-refractivity contribution in [2.75, 3.05) is 0 Å². The number of carbonyl (C=O) groups excluding carboxylic acids is 1. The molecule has 0 radical (unpaired) electrons. The highest BCUT2D eigenvalue weighted by Gasteiger charge is 2.49. The quantitative estimate of drug-likeness (QED) is 0.404. The average Bonchev–Trinajstić information content (AvgIpc) is 3.18. The lowest BCUT2D eigenvalue weighted by Crippen LogP contribution is -2.45. The SMILES string of the molecule is C[C@H]1[C@H](F)C[C@@H](C(=O)CCc2cc(-c3cnc(C(F)(F)F)nc3)ncc2F)N1S(=O)(=O)c1ccc(F)cn1. The first kappa shape index (κ1) is 27.6. The van der Waals surface area contributed by atoms with E-state index in [0.29, 0.717) is 10.5 Å². The lowest BCUT2D eigenvalue weighted by Gasteiger charge is -2.26. The summed E-state index contributed by atoms with van der Waals surface area (Å²) in [5.74, 6) is -3.63. The smallest absolute Gasteiger partial charge is 0.298 e. The monoisotopic (exact) mass is 559 g/mol. The van der Waals surface area contributed by atoms with Gasteiger partial charge in [0.2, 0.25) is 5.82 Å². The molecule has 1 saturated heterocycles. The van der Waals surface area contributed by atoms with Gasteiger partial charge in [0, 0.05) is 30.8 Å². The van der Waals surface area contributed by atoms with Crippen molar-refractivity contribution in [1.82, 2.24) is 24.2 Å². The topological polar surface area (TPSA) is 106 Å². The number of pyridine rings is 2. The Hall–Kier alpha value is -3.46. The fourth-order valence-corrected chi connectivity index (χ4v) is 5.85. The van der Waals surface area contributed by atoms with Gasteiger partial charge in [0.25, 0.3) is 10.0 Å². The molecule has 1 aliphatic rings. The number of nitrogens with zero attached hydrogens (tertiary/aromatic N) is 5. The number of alkyl halides is 4. The van der Waals surface area contributed by atoms with Crippen LogP contribution in [0.5, 0.6) is 0 Å². The van der Waals surface area contributed by atoms with Gasteiger partial charge in [0.1, 0.15) is 17.8 Å². The van der Waals surface area contributed by atoms with E-state index >= 15 is 0 Å². The van der Waals surface area contributed by atoms with Gasteiger partial charge < -0.3 is 0 Å². The maximum atomic E-state index is 14.6. The standard InChI is InChI=1S/C23H19F6N5O3S/c1-12-16(25)7-19(34(12)38(36,37)21-5-3-15(24)10-31-21)20(35)4-2-13-6-18(30-11-17(13)26)14-8-32-22(33-9-14)23(27,28)29/h3,5-6,8-12,16,19H,2,4,7H2,1H3/t12-,16+,19-/m0/s1. The number of aryl methyl sites for hydroxylation is 1. The minimum absolute atomic E-state index is 0.0271. The van der Waals surface area contributed by atoms with Gasteiger partial charge in [0.15, 0.2) is 10.8 Å². The van der Waals surface area contributed by atoms with E-state index in [1.54, 1.807) is 0 Å². The van der Waals surface area contributed by atoms with Crippen LogP contribution >= 0.6 is 0 Å². The molecule has 0 saturated carbocycles. The number of aromatic nitrogens is 4. The number of Topliss-reactive ketones (excluding diaryl/α,β-unsaturated/α-hetero) is 1. The summed E-state index contributed by atoms with van der Waals surface area (Å²) in [5.41, 5.74) is 0.0905. The van der Waals surface area contributed by atoms with Gasteiger partial charge in [-0.25, -0.2) is 36.5 Å². The number of sulfonamides is 1. The van der Waals surface area contributed by atoms with E-state index < -0.39 is 69.1 Å². The zero-order valence-electron chi connectivity index (χ0n) is 19.5. The zero-order chi connectivity index (χ0) is 27.8. The van der Waals surface area contributed by atoms with Crippen LogP contribution in [-0.4, -0.2) is 56.7 Å². The van der Waals surface area contributed by atoms with Crippen molar-refractivity contribution in [3.05, 3.63) is 66.0 Å².